The molecule has 0 unspecified atom stereocenters. The molecule has 2 nitrogen and oxygen atoms in total. The summed E-state index contributed by atoms with van der Waals surface area (Å²) in [6, 6.07) is 6.25. The van der Waals surface area contributed by atoms with Crippen molar-refractivity contribution in [3.8, 4) is 6.07 Å². The van der Waals surface area contributed by atoms with Gasteiger partial charge in [-0.1, -0.05) is 90.4 Å². The van der Waals surface area contributed by atoms with Gasteiger partial charge < -0.3 is 4.57 Å². The molecule has 1 heterocycles. The Bertz CT molecular complexity index is 453. The Morgan fingerprint density at radius 2 is 1.21 bits per heavy atom. The topological polar surface area (TPSA) is 28.7 Å². The first-order chi connectivity index (χ1) is 11.8. The third-order valence-corrected chi connectivity index (χ3v) is 5.05. The minimum Gasteiger partial charge on any atom is -0.337 e. The summed E-state index contributed by atoms with van der Waals surface area (Å²) in [4.78, 5) is 0. The second-order valence-corrected chi connectivity index (χ2v) is 7.22. The summed E-state index contributed by atoms with van der Waals surface area (Å²) in [7, 11) is 0. The SMILES string of the molecule is CCCCCCCCCCCCCCCCn1c(C)ccc1C#N. The summed E-state index contributed by atoms with van der Waals surface area (Å²) in [5.41, 5.74) is 2.02. The summed E-state index contributed by atoms with van der Waals surface area (Å²) in [5.74, 6) is 0. The quantitative estimate of drug-likeness (QED) is 0.314. The van der Waals surface area contributed by atoms with Crippen LogP contribution in [0, 0.1) is 18.3 Å². The molecule has 0 amide bonds. The number of aromatic nitrogens is 1. The molecule has 24 heavy (non-hydrogen) atoms. The molecule has 1 aromatic heterocycles. The third kappa shape index (κ3) is 9.16. The van der Waals surface area contributed by atoms with Crippen LogP contribution in [0.2, 0.25) is 0 Å². The Balaban J connectivity index is 1.86. The molecule has 1 aromatic rings. The van der Waals surface area contributed by atoms with Crippen molar-refractivity contribution >= 4 is 0 Å². The van der Waals surface area contributed by atoms with Crippen molar-refractivity contribution < 1.29 is 0 Å². The van der Waals surface area contributed by atoms with E-state index in [1.165, 1.54) is 95.6 Å². The van der Waals surface area contributed by atoms with E-state index in [0.29, 0.717) is 0 Å². The summed E-state index contributed by atoms with van der Waals surface area (Å²) >= 11 is 0. The van der Waals surface area contributed by atoms with E-state index in [0.717, 1.165) is 12.2 Å². The molecular weight excluding hydrogens is 292 g/mol. The predicted molar refractivity (Wildman–Crippen MR) is 104 cm³/mol. The number of hydrogen-bond acceptors (Lipinski definition) is 1. The molecule has 0 spiro atoms. The van der Waals surface area contributed by atoms with Gasteiger partial charge in [0.15, 0.2) is 0 Å². The van der Waals surface area contributed by atoms with Crippen LogP contribution in [0.1, 0.15) is 108 Å². The van der Waals surface area contributed by atoms with E-state index in [1.54, 1.807) is 0 Å². The van der Waals surface area contributed by atoms with Crippen LogP contribution in [0.5, 0.6) is 0 Å². The van der Waals surface area contributed by atoms with Gasteiger partial charge in [0.2, 0.25) is 0 Å². The molecular formula is C22H38N2. The first-order valence-corrected chi connectivity index (χ1v) is 10.4. The molecule has 0 N–H and O–H groups in total. The highest BCUT2D eigenvalue weighted by Gasteiger charge is 2.03. The smallest absolute Gasteiger partial charge is 0.120 e. The maximum absolute atomic E-state index is 9.08. The van der Waals surface area contributed by atoms with Crippen LogP contribution in [0.4, 0.5) is 0 Å². The fourth-order valence-electron chi connectivity index (χ4n) is 3.43. The van der Waals surface area contributed by atoms with Gasteiger partial charge in [-0.05, 0) is 25.5 Å². The lowest BCUT2D eigenvalue weighted by atomic mass is 10.0. The largest absolute Gasteiger partial charge is 0.337 e. The molecule has 0 saturated heterocycles. The van der Waals surface area contributed by atoms with Crippen LogP contribution in [0.25, 0.3) is 0 Å². The van der Waals surface area contributed by atoms with Gasteiger partial charge in [0.1, 0.15) is 11.8 Å². The monoisotopic (exact) mass is 330 g/mol. The molecule has 0 saturated carbocycles. The molecule has 0 atom stereocenters. The lowest BCUT2D eigenvalue weighted by Gasteiger charge is -2.07. The highest BCUT2D eigenvalue weighted by molar-refractivity contribution is 5.26. The van der Waals surface area contributed by atoms with E-state index in [1.807, 2.05) is 12.1 Å². The summed E-state index contributed by atoms with van der Waals surface area (Å²) in [6.45, 7) is 5.37. The zero-order valence-corrected chi connectivity index (χ0v) is 16.2. The maximum atomic E-state index is 9.08. The van der Waals surface area contributed by atoms with Crippen molar-refractivity contribution in [2.45, 2.75) is 110 Å². The lowest BCUT2D eigenvalue weighted by Crippen LogP contribution is -2.02. The van der Waals surface area contributed by atoms with Crippen molar-refractivity contribution in [1.29, 1.82) is 5.26 Å². The molecule has 0 aliphatic carbocycles. The van der Waals surface area contributed by atoms with Crippen LogP contribution in [0.15, 0.2) is 12.1 Å². The van der Waals surface area contributed by atoms with Crippen molar-refractivity contribution in [3.63, 3.8) is 0 Å². The van der Waals surface area contributed by atoms with E-state index < -0.39 is 0 Å². The standard InChI is InChI=1S/C22H38N2/c1-3-4-5-6-7-8-9-10-11-12-13-14-15-16-19-24-21(2)17-18-22(24)20-23/h17-18H,3-16,19H2,1-2H3. The van der Waals surface area contributed by atoms with Gasteiger partial charge in [-0.3, -0.25) is 0 Å². The van der Waals surface area contributed by atoms with Gasteiger partial charge in [0, 0.05) is 12.2 Å². The Hall–Kier alpha value is -1.23. The van der Waals surface area contributed by atoms with Crippen molar-refractivity contribution in [2.75, 3.05) is 0 Å². The third-order valence-electron chi connectivity index (χ3n) is 5.05. The summed E-state index contributed by atoms with van der Waals surface area (Å²) < 4.78 is 2.15. The van der Waals surface area contributed by atoms with E-state index in [4.69, 9.17) is 5.26 Å². The second kappa shape index (κ2) is 14.1. The molecule has 2 heteroatoms. The number of nitrogens with zero attached hydrogens (tertiary/aromatic N) is 2. The van der Waals surface area contributed by atoms with E-state index in [-0.39, 0.29) is 0 Å². The minimum absolute atomic E-state index is 0.808. The number of aryl methyl sites for hydroxylation is 1. The van der Waals surface area contributed by atoms with Gasteiger partial charge >= 0.3 is 0 Å². The average molecular weight is 331 g/mol. The van der Waals surface area contributed by atoms with Gasteiger partial charge in [-0.2, -0.15) is 5.26 Å². The van der Waals surface area contributed by atoms with E-state index >= 15 is 0 Å². The van der Waals surface area contributed by atoms with E-state index in [9.17, 15) is 0 Å². The first kappa shape index (κ1) is 20.8. The van der Waals surface area contributed by atoms with Crippen LogP contribution in [-0.4, -0.2) is 4.57 Å². The van der Waals surface area contributed by atoms with E-state index in [2.05, 4.69) is 24.5 Å². The first-order valence-electron chi connectivity index (χ1n) is 10.4. The maximum Gasteiger partial charge on any atom is 0.120 e. The highest BCUT2D eigenvalue weighted by Crippen LogP contribution is 2.14. The van der Waals surface area contributed by atoms with Gasteiger partial charge in [-0.25, -0.2) is 0 Å². The second-order valence-electron chi connectivity index (χ2n) is 7.22. The van der Waals surface area contributed by atoms with Crippen molar-refractivity contribution in [3.05, 3.63) is 23.5 Å². The fraction of sp³-hybridized carbons (Fsp3) is 0.773. The average Bonchev–Trinajstić information content (AvgIpc) is 2.95. The van der Waals surface area contributed by atoms with Crippen LogP contribution in [-0.2, 0) is 6.54 Å². The Kier molecular flexibility index (Phi) is 12.3. The number of rotatable bonds is 15. The molecule has 0 fully saturated rings. The number of unbranched alkanes of at least 4 members (excludes halogenated alkanes) is 13. The zero-order valence-electron chi connectivity index (χ0n) is 16.2. The Labute approximate surface area is 150 Å². The van der Waals surface area contributed by atoms with Gasteiger partial charge in [-0.15, -0.1) is 0 Å². The number of hydrogen-bond donors (Lipinski definition) is 0. The molecule has 0 aliphatic rings. The summed E-state index contributed by atoms with van der Waals surface area (Å²) in [5, 5.41) is 9.08. The molecule has 0 aromatic carbocycles. The highest BCUT2D eigenvalue weighted by atomic mass is 15.0. The van der Waals surface area contributed by atoms with Crippen LogP contribution in [0.3, 0.4) is 0 Å². The molecule has 0 aliphatic heterocycles. The molecule has 0 bridgehead atoms. The van der Waals surface area contributed by atoms with Gasteiger partial charge in [0.05, 0.1) is 0 Å². The minimum atomic E-state index is 0.808. The van der Waals surface area contributed by atoms with Crippen LogP contribution < -0.4 is 0 Å². The Morgan fingerprint density at radius 1 is 0.750 bits per heavy atom. The number of nitriles is 1. The Morgan fingerprint density at radius 3 is 1.67 bits per heavy atom. The molecule has 0 radical (unpaired) electrons. The predicted octanol–water partition coefficient (Wildman–Crippen LogP) is 7.15. The van der Waals surface area contributed by atoms with Crippen LogP contribution >= 0.6 is 0 Å². The molecule has 1 rings (SSSR count). The van der Waals surface area contributed by atoms with Crippen molar-refractivity contribution in [1.82, 2.24) is 4.57 Å². The van der Waals surface area contributed by atoms with Gasteiger partial charge in [0.25, 0.3) is 0 Å². The fourth-order valence-corrected chi connectivity index (χ4v) is 3.43. The lowest BCUT2D eigenvalue weighted by molar-refractivity contribution is 0.522. The zero-order chi connectivity index (χ0) is 17.5. The normalized spacial score (nSPS) is 10.9. The summed E-state index contributed by atoms with van der Waals surface area (Å²) in [6.07, 6.45) is 19.5. The molecule has 136 valence electrons. The van der Waals surface area contributed by atoms with Crippen molar-refractivity contribution in [2.24, 2.45) is 0 Å².